The third-order valence-electron chi connectivity index (χ3n) is 8.41. The molecule has 1 saturated heterocycles. The predicted octanol–water partition coefficient (Wildman–Crippen LogP) is 4.37. The maximum atomic E-state index is 12.5. The molecule has 8 heteroatoms. The molecule has 0 radical (unpaired) electrons. The highest BCUT2D eigenvalue weighted by Gasteiger charge is 2.71. The average molecular weight is 505 g/mol. The molecule has 8 nitrogen and oxygen atoms in total. The van der Waals surface area contributed by atoms with E-state index in [0.717, 1.165) is 12.0 Å². The van der Waals surface area contributed by atoms with Crippen molar-refractivity contribution in [2.75, 3.05) is 0 Å². The van der Waals surface area contributed by atoms with Crippen molar-refractivity contribution in [3.8, 4) is 0 Å². The van der Waals surface area contributed by atoms with Crippen molar-refractivity contribution in [3.05, 3.63) is 36.5 Å². The van der Waals surface area contributed by atoms with Crippen LogP contribution in [0.5, 0.6) is 0 Å². The number of aliphatic hydroxyl groups is 1. The van der Waals surface area contributed by atoms with Gasteiger partial charge in [0.05, 0.1) is 11.5 Å². The van der Waals surface area contributed by atoms with Crippen molar-refractivity contribution in [1.29, 1.82) is 0 Å². The van der Waals surface area contributed by atoms with E-state index in [1.807, 2.05) is 6.92 Å². The van der Waals surface area contributed by atoms with Gasteiger partial charge in [-0.05, 0) is 55.4 Å². The molecule has 8 atom stereocenters. The van der Waals surface area contributed by atoms with Crippen molar-refractivity contribution in [2.24, 2.45) is 22.7 Å². The summed E-state index contributed by atoms with van der Waals surface area (Å²) < 4.78 is 23.0. The fourth-order valence-corrected chi connectivity index (χ4v) is 6.45. The summed E-state index contributed by atoms with van der Waals surface area (Å²) in [4.78, 5) is 36.6. The van der Waals surface area contributed by atoms with E-state index in [-0.39, 0.29) is 29.6 Å². The van der Waals surface area contributed by atoms with E-state index >= 15 is 0 Å². The van der Waals surface area contributed by atoms with Crippen LogP contribution in [0.3, 0.4) is 0 Å². The minimum Gasteiger partial charge on any atom is -0.458 e. The minimum absolute atomic E-state index is 0.0813. The SMILES string of the molecule is C=CC(=C)CC[C@]1(C)[C@H](C)C[C@H](O)[C@@]23C(=C[C@H](OC(=O)CCC)C[C@@H]12)[C@@H](OC(C)=O)O[C@H]3OC(C)=O. The van der Waals surface area contributed by atoms with Gasteiger partial charge in [-0.3, -0.25) is 19.1 Å². The average Bonchev–Trinajstić information content (AvgIpc) is 3.08. The highest BCUT2D eigenvalue weighted by Crippen LogP contribution is 2.67. The Kier molecular flexibility index (Phi) is 8.51. The summed E-state index contributed by atoms with van der Waals surface area (Å²) in [7, 11) is 0. The van der Waals surface area contributed by atoms with Gasteiger partial charge in [-0.25, -0.2) is 0 Å². The molecule has 0 aromatic heterocycles. The third-order valence-corrected chi connectivity index (χ3v) is 8.41. The number of allylic oxidation sites excluding steroid dienone is 2. The number of esters is 3. The van der Waals surface area contributed by atoms with Crippen LogP contribution in [0.25, 0.3) is 0 Å². The number of hydrogen-bond donors (Lipinski definition) is 1. The molecule has 0 aromatic rings. The molecular weight excluding hydrogens is 464 g/mol. The van der Waals surface area contributed by atoms with Gasteiger partial charge in [-0.1, -0.05) is 45.6 Å². The molecule has 1 heterocycles. The number of carbonyl (C=O) groups is 3. The molecule has 1 N–H and O–H groups in total. The van der Waals surface area contributed by atoms with Crippen LogP contribution in [0.15, 0.2) is 36.5 Å². The number of ether oxygens (including phenoxy) is 4. The highest BCUT2D eigenvalue weighted by atomic mass is 16.8. The van der Waals surface area contributed by atoms with Crippen molar-refractivity contribution in [3.63, 3.8) is 0 Å². The van der Waals surface area contributed by atoms with Crippen LogP contribution in [0, 0.1) is 22.7 Å². The van der Waals surface area contributed by atoms with E-state index in [4.69, 9.17) is 18.9 Å². The first kappa shape index (κ1) is 28.1. The first-order valence-corrected chi connectivity index (χ1v) is 12.8. The summed E-state index contributed by atoms with van der Waals surface area (Å²) in [6, 6.07) is 0. The van der Waals surface area contributed by atoms with Gasteiger partial charge >= 0.3 is 17.9 Å². The maximum absolute atomic E-state index is 12.5. The molecule has 3 rings (SSSR count). The Hall–Kier alpha value is -2.45. The van der Waals surface area contributed by atoms with Gasteiger partial charge in [0.2, 0.25) is 12.6 Å². The van der Waals surface area contributed by atoms with Crippen LogP contribution in [-0.4, -0.2) is 47.8 Å². The van der Waals surface area contributed by atoms with Gasteiger partial charge in [0.25, 0.3) is 0 Å². The molecule has 36 heavy (non-hydrogen) atoms. The number of rotatable bonds is 9. The lowest BCUT2D eigenvalue weighted by Crippen LogP contribution is -2.63. The van der Waals surface area contributed by atoms with Crippen molar-refractivity contribution in [1.82, 2.24) is 0 Å². The zero-order valence-corrected chi connectivity index (χ0v) is 22.1. The second-order valence-corrected chi connectivity index (χ2v) is 10.7. The minimum atomic E-state index is -1.17. The molecule has 0 bridgehead atoms. The van der Waals surface area contributed by atoms with E-state index in [2.05, 4.69) is 27.0 Å². The molecule has 3 aliphatic rings. The Bertz CT molecular complexity index is 938. The first-order chi connectivity index (χ1) is 16.9. The quantitative estimate of drug-likeness (QED) is 0.213. The predicted molar refractivity (Wildman–Crippen MR) is 132 cm³/mol. The zero-order chi connectivity index (χ0) is 26.8. The highest BCUT2D eigenvalue weighted by molar-refractivity contribution is 5.70. The Balaban J connectivity index is 2.18. The number of aliphatic hydroxyl groups excluding tert-OH is 1. The van der Waals surface area contributed by atoms with E-state index in [9.17, 15) is 19.5 Å². The van der Waals surface area contributed by atoms with Gasteiger partial charge in [-0.2, -0.15) is 0 Å². The van der Waals surface area contributed by atoms with Crippen LogP contribution in [0.4, 0.5) is 0 Å². The second-order valence-electron chi connectivity index (χ2n) is 10.7. The van der Waals surface area contributed by atoms with Gasteiger partial charge in [-0.15, -0.1) is 0 Å². The topological polar surface area (TPSA) is 108 Å². The largest absolute Gasteiger partial charge is 0.458 e. The van der Waals surface area contributed by atoms with Crippen molar-refractivity contribution in [2.45, 2.75) is 97.9 Å². The summed E-state index contributed by atoms with van der Waals surface area (Å²) in [5, 5.41) is 11.7. The van der Waals surface area contributed by atoms with Gasteiger partial charge in [0.15, 0.2) is 0 Å². The monoisotopic (exact) mass is 504 g/mol. The van der Waals surface area contributed by atoms with Gasteiger partial charge in [0, 0.05) is 25.8 Å². The lowest BCUT2D eigenvalue weighted by atomic mass is 9.45. The van der Waals surface area contributed by atoms with Crippen molar-refractivity contribution >= 4 is 17.9 Å². The third kappa shape index (κ3) is 5.02. The molecule has 2 fully saturated rings. The summed E-state index contributed by atoms with van der Waals surface area (Å²) in [6.45, 7) is 16.6. The van der Waals surface area contributed by atoms with Crippen LogP contribution in [0.1, 0.15) is 73.1 Å². The van der Waals surface area contributed by atoms with E-state index in [1.54, 1.807) is 12.2 Å². The normalized spacial score (nSPS) is 37.1. The molecule has 1 saturated carbocycles. The fourth-order valence-electron chi connectivity index (χ4n) is 6.45. The van der Waals surface area contributed by atoms with Crippen LogP contribution in [-0.2, 0) is 33.3 Å². The molecule has 0 unspecified atom stereocenters. The second kappa shape index (κ2) is 10.9. The first-order valence-electron chi connectivity index (χ1n) is 12.8. The molecule has 0 amide bonds. The zero-order valence-electron chi connectivity index (χ0n) is 22.1. The Morgan fingerprint density at radius 1 is 1.17 bits per heavy atom. The lowest BCUT2D eigenvalue weighted by Gasteiger charge is -2.60. The lowest BCUT2D eigenvalue weighted by molar-refractivity contribution is -0.254. The number of carbonyl (C=O) groups excluding carboxylic acids is 3. The fraction of sp³-hybridized carbons (Fsp3) is 0.679. The summed E-state index contributed by atoms with van der Waals surface area (Å²) in [5.74, 6) is -1.70. The van der Waals surface area contributed by atoms with E-state index in [0.29, 0.717) is 31.3 Å². The maximum Gasteiger partial charge on any atom is 0.306 e. The molecule has 0 aromatic carbocycles. The van der Waals surface area contributed by atoms with E-state index in [1.165, 1.54) is 13.8 Å². The van der Waals surface area contributed by atoms with Crippen LogP contribution in [0.2, 0.25) is 0 Å². The Labute approximate surface area is 213 Å². The molecule has 1 aliphatic heterocycles. The molecule has 2 aliphatic carbocycles. The van der Waals surface area contributed by atoms with Crippen LogP contribution < -0.4 is 0 Å². The summed E-state index contributed by atoms with van der Waals surface area (Å²) >= 11 is 0. The van der Waals surface area contributed by atoms with Gasteiger partial charge in [0.1, 0.15) is 6.10 Å². The van der Waals surface area contributed by atoms with Crippen molar-refractivity contribution < 1.29 is 38.4 Å². The smallest absolute Gasteiger partial charge is 0.306 e. The number of hydrogen-bond acceptors (Lipinski definition) is 8. The molecule has 1 spiro atoms. The summed E-state index contributed by atoms with van der Waals surface area (Å²) in [6.07, 6.45) is 2.79. The standard InChI is InChI=1S/C28H40O8/c1-8-10-24(32)35-20-14-21-25(33-18(5)29)36-26(34-19(6)30)28(21)22(15-20)27(7,12-11-16(3)9-2)17(4)13-23(28)31/h9,14,17,20,22-23,25-26,31H,2-3,8,10-13,15H2,1,4-7H3/t17-,20+,22+,23+,25+,26-,27-,28-/m1/s1. The van der Waals surface area contributed by atoms with Gasteiger partial charge < -0.3 is 19.3 Å². The Morgan fingerprint density at radius 3 is 2.42 bits per heavy atom. The summed E-state index contributed by atoms with van der Waals surface area (Å²) in [5.41, 5.74) is -0.149. The van der Waals surface area contributed by atoms with Crippen LogP contribution >= 0.6 is 0 Å². The molecule has 200 valence electrons. The van der Waals surface area contributed by atoms with E-state index < -0.39 is 42.1 Å². The Morgan fingerprint density at radius 2 is 1.83 bits per heavy atom. The molecular formula is C28H40O8.